The van der Waals surface area contributed by atoms with E-state index < -0.39 is 12.7 Å². The summed E-state index contributed by atoms with van der Waals surface area (Å²) in [6.45, 7) is 2.07. The highest BCUT2D eigenvalue weighted by molar-refractivity contribution is 5.47. The largest absolute Gasteiger partial charge is 0.405 e. The van der Waals surface area contributed by atoms with E-state index in [1.807, 2.05) is 0 Å². The van der Waals surface area contributed by atoms with Crippen molar-refractivity contribution in [3.05, 3.63) is 24.0 Å². The summed E-state index contributed by atoms with van der Waals surface area (Å²) in [6, 6.07) is 2.68. The number of pyridine rings is 1. The number of rotatable bonds is 4. The molecular formula is C11H15F3N2O. The second kappa shape index (κ2) is 5.35. The number of hydrogen-bond acceptors (Lipinski definition) is 3. The Bertz CT molecular complexity index is 366. The Morgan fingerprint density at radius 1 is 1.41 bits per heavy atom. The van der Waals surface area contributed by atoms with Gasteiger partial charge in [-0.15, -0.1) is 0 Å². The van der Waals surface area contributed by atoms with Gasteiger partial charge in [0.2, 0.25) is 0 Å². The van der Waals surface area contributed by atoms with Crippen LogP contribution in [0.4, 0.5) is 18.9 Å². The van der Waals surface area contributed by atoms with Gasteiger partial charge in [-0.3, -0.25) is 4.98 Å². The molecule has 1 aromatic heterocycles. The normalized spacial score (nSPS) is 11.9. The van der Waals surface area contributed by atoms with E-state index in [2.05, 4.69) is 4.98 Å². The van der Waals surface area contributed by atoms with Crippen LogP contribution in [0, 0.1) is 0 Å². The lowest BCUT2D eigenvalue weighted by Crippen LogP contribution is -2.39. The molecule has 1 aromatic rings. The first-order chi connectivity index (χ1) is 7.83. The average Bonchev–Trinajstić information content (AvgIpc) is 2.24. The Labute approximate surface area is 97.9 Å². The lowest BCUT2D eigenvalue weighted by molar-refractivity contribution is -0.120. The maximum absolute atomic E-state index is 12.4. The minimum absolute atomic E-state index is 0.286. The van der Waals surface area contributed by atoms with E-state index in [0.717, 1.165) is 0 Å². The van der Waals surface area contributed by atoms with Crippen molar-refractivity contribution in [2.24, 2.45) is 0 Å². The molecular weight excluding hydrogens is 233 g/mol. The molecule has 0 bridgehead atoms. The Morgan fingerprint density at radius 3 is 2.53 bits per heavy atom. The van der Waals surface area contributed by atoms with E-state index in [0.29, 0.717) is 11.4 Å². The number of alkyl halides is 3. The molecule has 0 spiro atoms. The predicted molar refractivity (Wildman–Crippen MR) is 58.7 cm³/mol. The van der Waals surface area contributed by atoms with Gasteiger partial charge >= 0.3 is 6.18 Å². The smallest absolute Gasteiger partial charge is 0.390 e. The second-order valence-electron chi connectivity index (χ2n) is 4.00. The van der Waals surface area contributed by atoms with Gasteiger partial charge in [0.25, 0.3) is 0 Å². The van der Waals surface area contributed by atoms with Gasteiger partial charge < -0.3 is 10.0 Å². The lowest BCUT2D eigenvalue weighted by atomic mass is 10.2. The summed E-state index contributed by atoms with van der Waals surface area (Å²) in [6.07, 6.45) is -2.86. The van der Waals surface area contributed by atoms with Gasteiger partial charge in [0.1, 0.15) is 6.54 Å². The molecule has 0 saturated carbocycles. The fourth-order valence-corrected chi connectivity index (χ4v) is 1.50. The van der Waals surface area contributed by atoms with Gasteiger partial charge in [-0.1, -0.05) is 0 Å². The van der Waals surface area contributed by atoms with Crippen molar-refractivity contribution in [2.45, 2.75) is 32.7 Å². The second-order valence-corrected chi connectivity index (χ2v) is 4.00. The van der Waals surface area contributed by atoms with Gasteiger partial charge in [-0.2, -0.15) is 13.2 Å². The van der Waals surface area contributed by atoms with Crippen molar-refractivity contribution in [1.29, 1.82) is 0 Å². The van der Waals surface area contributed by atoms with E-state index in [1.165, 1.54) is 23.2 Å². The quantitative estimate of drug-likeness (QED) is 0.888. The monoisotopic (exact) mass is 248 g/mol. The van der Waals surface area contributed by atoms with Crippen LogP contribution in [-0.4, -0.2) is 28.9 Å². The molecule has 1 N–H and O–H groups in total. The molecule has 1 rings (SSSR count). The van der Waals surface area contributed by atoms with Gasteiger partial charge in [0.05, 0.1) is 12.3 Å². The summed E-state index contributed by atoms with van der Waals surface area (Å²) in [4.78, 5) is 5.06. The van der Waals surface area contributed by atoms with Crippen LogP contribution < -0.4 is 4.90 Å². The number of aromatic nitrogens is 1. The molecule has 0 atom stereocenters. The maximum atomic E-state index is 12.4. The summed E-state index contributed by atoms with van der Waals surface area (Å²) >= 11 is 0. The topological polar surface area (TPSA) is 36.4 Å². The van der Waals surface area contributed by atoms with Crippen LogP contribution in [0.1, 0.15) is 19.5 Å². The van der Waals surface area contributed by atoms with Crippen molar-refractivity contribution < 1.29 is 18.3 Å². The predicted octanol–water partition coefficient (Wildman–Crippen LogP) is 2.35. The highest BCUT2D eigenvalue weighted by Crippen LogP contribution is 2.24. The third kappa shape index (κ3) is 4.22. The summed E-state index contributed by atoms with van der Waals surface area (Å²) in [5.41, 5.74) is 0.770. The van der Waals surface area contributed by atoms with Crippen molar-refractivity contribution in [3.63, 3.8) is 0 Å². The summed E-state index contributed by atoms with van der Waals surface area (Å²) in [5.74, 6) is 0. The first-order valence-corrected chi connectivity index (χ1v) is 5.22. The van der Waals surface area contributed by atoms with Crippen LogP contribution in [0.5, 0.6) is 0 Å². The van der Waals surface area contributed by atoms with Crippen molar-refractivity contribution >= 4 is 5.69 Å². The van der Waals surface area contributed by atoms with Gasteiger partial charge in [-0.25, -0.2) is 0 Å². The molecule has 0 amide bonds. The zero-order valence-electron chi connectivity index (χ0n) is 9.70. The fourth-order valence-electron chi connectivity index (χ4n) is 1.50. The molecule has 1 heterocycles. The van der Waals surface area contributed by atoms with Gasteiger partial charge in [-0.05, 0) is 26.0 Å². The Morgan fingerprint density at radius 2 is 2.06 bits per heavy atom. The summed E-state index contributed by atoms with van der Waals surface area (Å²) < 4.78 is 37.3. The minimum Gasteiger partial charge on any atom is -0.390 e. The highest BCUT2D eigenvalue weighted by Gasteiger charge is 2.32. The van der Waals surface area contributed by atoms with Crippen LogP contribution in [0.3, 0.4) is 0 Å². The molecule has 0 unspecified atom stereocenters. The van der Waals surface area contributed by atoms with Crippen LogP contribution >= 0.6 is 0 Å². The van der Waals surface area contributed by atoms with Crippen molar-refractivity contribution in [3.8, 4) is 0 Å². The molecule has 0 aromatic carbocycles. The SMILES string of the molecule is CC(C)N(CC(F)(F)F)c1ccnc(CO)c1. The standard InChI is InChI=1S/C11H15F3N2O/c1-8(2)16(7-11(12,13)14)10-3-4-15-9(5-10)6-17/h3-5,8,17H,6-7H2,1-2H3. The number of nitrogens with zero attached hydrogens (tertiary/aromatic N) is 2. The van der Waals surface area contributed by atoms with Crippen LogP contribution in [0.25, 0.3) is 0 Å². The van der Waals surface area contributed by atoms with Crippen molar-refractivity contribution in [1.82, 2.24) is 4.98 Å². The highest BCUT2D eigenvalue weighted by atomic mass is 19.4. The van der Waals surface area contributed by atoms with E-state index >= 15 is 0 Å². The molecule has 6 heteroatoms. The minimum atomic E-state index is -4.26. The van der Waals surface area contributed by atoms with E-state index in [-0.39, 0.29) is 12.6 Å². The molecule has 3 nitrogen and oxygen atoms in total. The molecule has 0 fully saturated rings. The van der Waals surface area contributed by atoms with Gasteiger partial charge in [0.15, 0.2) is 0 Å². The number of aliphatic hydroxyl groups excluding tert-OH is 1. The third-order valence-corrected chi connectivity index (χ3v) is 2.27. The molecule has 0 aliphatic rings. The molecule has 0 aliphatic carbocycles. The molecule has 0 aliphatic heterocycles. The summed E-state index contributed by atoms with van der Waals surface area (Å²) in [7, 11) is 0. The number of hydrogen-bond donors (Lipinski definition) is 1. The Hall–Kier alpha value is -1.30. The van der Waals surface area contributed by atoms with Crippen molar-refractivity contribution in [2.75, 3.05) is 11.4 Å². The Kier molecular flexibility index (Phi) is 4.34. The van der Waals surface area contributed by atoms with E-state index in [9.17, 15) is 13.2 Å². The van der Waals surface area contributed by atoms with Crippen LogP contribution in [-0.2, 0) is 6.61 Å². The molecule has 17 heavy (non-hydrogen) atoms. The summed E-state index contributed by atoms with van der Waals surface area (Å²) in [5, 5.41) is 8.91. The maximum Gasteiger partial charge on any atom is 0.405 e. The van der Waals surface area contributed by atoms with E-state index in [1.54, 1.807) is 13.8 Å². The van der Waals surface area contributed by atoms with Crippen LogP contribution in [0.2, 0.25) is 0 Å². The molecule has 0 saturated heterocycles. The third-order valence-electron chi connectivity index (χ3n) is 2.27. The zero-order chi connectivity index (χ0) is 13.1. The zero-order valence-corrected chi connectivity index (χ0v) is 9.70. The Balaban J connectivity index is 2.97. The molecule has 96 valence electrons. The lowest BCUT2D eigenvalue weighted by Gasteiger charge is -2.30. The molecule has 0 radical (unpaired) electrons. The van der Waals surface area contributed by atoms with Crippen LogP contribution in [0.15, 0.2) is 18.3 Å². The van der Waals surface area contributed by atoms with Gasteiger partial charge in [0, 0.05) is 17.9 Å². The number of aliphatic hydroxyl groups is 1. The average molecular weight is 248 g/mol. The first-order valence-electron chi connectivity index (χ1n) is 5.22. The first kappa shape index (κ1) is 13.8. The number of anilines is 1. The van der Waals surface area contributed by atoms with E-state index in [4.69, 9.17) is 5.11 Å². The number of halogens is 3. The fraction of sp³-hybridized carbons (Fsp3) is 0.545.